The van der Waals surface area contributed by atoms with Crippen molar-refractivity contribution < 1.29 is 27.4 Å². The Morgan fingerprint density at radius 3 is 2.19 bits per heavy atom. The molecule has 0 aromatic heterocycles. The Bertz CT molecular complexity index is 927. The van der Waals surface area contributed by atoms with E-state index in [0.717, 1.165) is 5.56 Å². The molecule has 0 aliphatic heterocycles. The van der Waals surface area contributed by atoms with E-state index in [2.05, 4.69) is 10.0 Å². The van der Waals surface area contributed by atoms with Crippen LogP contribution in [0, 0.1) is 6.92 Å². The van der Waals surface area contributed by atoms with Crippen LogP contribution in [0.25, 0.3) is 0 Å². The monoisotopic (exact) mass is 394 g/mol. The lowest BCUT2D eigenvalue weighted by Gasteiger charge is -2.12. The molecule has 27 heavy (non-hydrogen) atoms. The second-order valence-corrected chi connectivity index (χ2v) is 7.36. The van der Waals surface area contributed by atoms with Gasteiger partial charge in [0, 0.05) is 6.07 Å². The highest BCUT2D eigenvalue weighted by atomic mass is 32.2. The maximum absolute atomic E-state index is 12.4. The van der Waals surface area contributed by atoms with Gasteiger partial charge in [-0.3, -0.25) is 4.79 Å². The number of hydrogen-bond donors (Lipinski definition) is 2. The lowest BCUT2D eigenvalue weighted by molar-refractivity contribution is -0.115. The first-order valence-electron chi connectivity index (χ1n) is 7.97. The van der Waals surface area contributed by atoms with Crippen LogP contribution in [0.2, 0.25) is 0 Å². The van der Waals surface area contributed by atoms with Gasteiger partial charge in [0.2, 0.25) is 15.9 Å². The van der Waals surface area contributed by atoms with E-state index in [0.29, 0.717) is 17.2 Å². The fourth-order valence-corrected chi connectivity index (χ4v) is 3.34. The molecule has 0 unspecified atom stereocenters. The topological polar surface area (TPSA) is 103 Å². The number of amides is 1. The molecule has 2 N–H and O–H groups in total. The summed E-state index contributed by atoms with van der Waals surface area (Å²) in [7, 11) is 0.439. The zero-order valence-corrected chi connectivity index (χ0v) is 16.3. The number of methoxy groups -OCH3 is 3. The van der Waals surface area contributed by atoms with E-state index in [9.17, 15) is 13.2 Å². The minimum absolute atomic E-state index is 0.0407. The smallest absolute Gasteiger partial charge is 0.241 e. The molecule has 2 aromatic carbocycles. The number of benzene rings is 2. The van der Waals surface area contributed by atoms with Crippen LogP contribution in [-0.4, -0.2) is 42.2 Å². The second kappa shape index (κ2) is 8.74. The fraction of sp³-hybridized carbons (Fsp3) is 0.278. The molecule has 0 atom stereocenters. The van der Waals surface area contributed by atoms with Gasteiger partial charge in [-0.25, -0.2) is 13.1 Å². The fourth-order valence-electron chi connectivity index (χ4n) is 2.34. The summed E-state index contributed by atoms with van der Waals surface area (Å²) in [5, 5.41) is 2.63. The standard InChI is InChI=1S/C18H22N2O6S/c1-12-5-7-15(24-2)14(9-12)20-18(21)11-19-27(22,23)13-6-8-16(25-3)17(10-13)26-4/h5-10,19H,11H2,1-4H3,(H,20,21). The van der Waals surface area contributed by atoms with E-state index in [-0.39, 0.29) is 10.6 Å². The molecule has 8 nitrogen and oxygen atoms in total. The maximum atomic E-state index is 12.4. The summed E-state index contributed by atoms with van der Waals surface area (Å²) in [4.78, 5) is 12.1. The first-order valence-corrected chi connectivity index (χ1v) is 9.45. The summed E-state index contributed by atoms with van der Waals surface area (Å²) in [6.07, 6.45) is 0. The lowest BCUT2D eigenvalue weighted by Crippen LogP contribution is -2.33. The molecule has 0 radical (unpaired) electrons. The van der Waals surface area contributed by atoms with Crippen LogP contribution in [0.1, 0.15) is 5.56 Å². The average molecular weight is 394 g/mol. The predicted molar refractivity (Wildman–Crippen MR) is 101 cm³/mol. The Morgan fingerprint density at radius 2 is 1.56 bits per heavy atom. The van der Waals surface area contributed by atoms with Crippen LogP contribution in [0.4, 0.5) is 5.69 Å². The summed E-state index contributed by atoms with van der Waals surface area (Å²) in [5.74, 6) is 0.634. The molecule has 1 amide bonds. The highest BCUT2D eigenvalue weighted by molar-refractivity contribution is 7.89. The van der Waals surface area contributed by atoms with Gasteiger partial charge in [0.25, 0.3) is 0 Å². The molecule has 0 heterocycles. The van der Waals surface area contributed by atoms with Crippen molar-refractivity contribution in [2.45, 2.75) is 11.8 Å². The molecule has 0 fully saturated rings. The zero-order chi connectivity index (χ0) is 20.0. The molecule has 0 aliphatic rings. The maximum Gasteiger partial charge on any atom is 0.241 e. The van der Waals surface area contributed by atoms with Gasteiger partial charge in [-0.2, -0.15) is 0 Å². The molecule has 0 bridgehead atoms. The predicted octanol–water partition coefficient (Wildman–Crippen LogP) is 1.94. The molecule has 2 aromatic rings. The summed E-state index contributed by atoms with van der Waals surface area (Å²) in [6.45, 7) is 1.43. The van der Waals surface area contributed by atoms with Crippen LogP contribution in [-0.2, 0) is 14.8 Å². The van der Waals surface area contributed by atoms with Crippen LogP contribution in [0.3, 0.4) is 0 Å². The third-order valence-corrected chi connectivity index (χ3v) is 5.12. The molecule has 0 spiro atoms. The van der Waals surface area contributed by atoms with Gasteiger partial charge in [-0.1, -0.05) is 6.07 Å². The van der Waals surface area contributed by atoms with Crippen molar-refractivity contribution in [3.8, 4) is 17.2 Å². The summed E-state index contributed by atoms with van der Waals surface area (Å²) in [6, 6.07) is 9.46. The van der Waals surface area contributed by atoms with Gasteiger partial charge in [0.15, 0.2) is 11.5 Å². The van der Waals surface area contributed by atoms with Crippen molar-refractivity contribution in [2.24, 2.45) is 0 Å². The normalized spacial score (nSPS) is 11.0. The largest absolute Gasteiger partial charge is 0.495 e. The van der Waals surface area contributed by atoms with Gasteiger partial charge in [0.1, 0.15) is 5.75 Å². The quantitative estimate of drug-likeness (QED) is 0.709. The Morgan fingerprint density at radius 1 is 0.926 bits per heavy atom. The van der Waals surface area contributed by atoms with Crippen molar-refractivity contribution in [2.75, 3.05) is 33.2 Å². The molecular formula is C18H22N2O6S. The van der Waals surface area contributed by atoms with Crippen LogP contribution in [0.15, 0.2) is 41.3 Å². The van der Waals surface area contributed by atoms with Gasteiger partial charge in [-0.15, -0.1) is 0 Å². The molecule has 0 aliphatic carbocycles. The highest BCUT2D eigenvalue weighted by Gasteiger charge is 2.18. The molecule has 146 valence electrons. The van der Waals surface area contributed by atoms with Crippen LogP contribution in [0.5, 0.6) is 17.2 Å². The third kappa shape index (κ3) is 5.11. The van der Waals surface area contributed by atoms with Crippen molar-refractivity contribution >= 4 is 21.6 Å². The Kier molecular flexibility index (Phi) is 6.65. The molecule has 0 saturated carbocycles. The number of carbonyl (C=O) groups is 1. The molecular weight excluding hydrogens is 372 g/mol. The zero-order valence-electron chi connectivity index (χ0n) is 15.5. The average Bonchev–Trinajstić information content (AvgIpc) is 2.66. The second-order valence-electron chi connectivity index (χ2n) is 5.59. The molecule has 2 rings (SSSR count). The van der Waals surface area contributed by atoms with Gasteiger partial charge >= 0.3 is 0 Å². The number of rotatable bonds is 8. The Balaban J connectivity index is 2.09. The molecule has 0 saturated heterocycles. The first-order chi connectivity index (χ1) is 12.8. The van der Waals surface area contributed by atoms with Gasteiger partial charge in [-0.05, 0) is 36.8 Å². The SMILES string of the molecule is COc1ccc(C)cc1NC(=O)CNS(=O)(=O)c1ccc(OC)c(OC)c1. The third-order valence-electron chi connectivity index (χ3n) is 3.72. The summed E-state index contributed by atoms with van der Waals surface area (Å²) < 4.78 is 42.5. The number of carbonyl (C=O) groups excluding carboxylic acids is 1. The van der Waals surface area contributed by atoms with Crippen molar-refractivity contribution in [3.63, 3.8) is 0 Å². The van der Waals surface area contributed by atoms with Crippen molar-refractivity contribution in [1.82, 2.24) is 4.72 Å². The van der Waals surface area contributed by atoms with Gasteiger partial charge in [0.05, 0.1) is 38.5 Å². The Hall–Kier alpha value is -2.78. The number of nitrogens with one attached hydrogen (secondary N) is 2. The number of ether oxygens (including phenoxy) is 3. The Labute approximate surface area is 158 Å². The van der Waals surface area contributed by atoms with E-state index < -0.39 is 22.5 Å². The number of aryl methyl sites for hydroxylation is 1. The van der Waals surface area contributed by atoms with Gasteiger partial charge < -0.3 is 19.5 Å². The van der Waals surface area contributed by atoms with E-state index >= 15 is 0 Å². The highest BCUT2D eigenvalue weighted by Crippen LogP contribution is 2.29. The van der Waals surface area contributed by atoms with E-state index in [1.165, 1.54) is 39.5 Å². The number of anilines is 1. The summed E-state index contributed by atoms with van der Waals surface area (Å²) >= 11 is 0. The van der Waals surface area contributed by atoms with E-state index in [4.69, 9.17) is 14.2 Å². The minimum atomic E-state index is -3.91. The van der Waals surface area contributed by atoms with E-state index in [1.807, 2.05) is 13.0 Å². The van der Waals surface area contributed by atoms with E-state index in [1.54, 1.807) is 12.1 Å². The number of hydrogen-bond acceptors (Lipinski definition) is 6. The molecule has 9 heteroatoms. The van der Waals surface area contributed by atoms with Crippen LogP contribution >= 0.6 is 0 Å². The minimum Gasteiger partial charge on any atom is -0.495 e. The first kappa shape index (κ1) is 20.5. The summed E-state index contributed by atoms with van der Waals surface area (Å²) in [5.41, 5.74) is 1.39. The van der Waals surface area contributed by atoms with Crippen LogP contribution < -0.4 is 24.2 Å². The lowest BCUT2D eigenvalue weighted by atomic mass is 10.2. The number of sulfonamides is 1. The van der Waals surface area contributed by atoms with Crippen molar-refractivity contribution in [3.05, 3.63) is 42.0 Å². The van der Waals surface area contributed by atoms with Crippen molar-refractivity contribution in [1.29, 1.82) is 0 Å².